The van der Waals surface area contributed by atoms with E-state index in [1.807, 2.05) is 28.8 Å². The van der Waals surface area contributed by atoms with Crippen LogP contribution < -0.4 is 10.1 Å². The highest BCUT2D eigenvalue weighted by molar-refractivity contribution is 7.99. The molecule has 3 aromatic carbocycles. The van der Waals surface area contributed by atoms with Crippen LogP contribution in [0.3, 0.4) is 0 Å². The molecule has 0 atom stereocenters. The van der Waals surface area contributed by atoms with E-state index in [0.717, 1.165) is 11.3 Å². The first-order valence-corrected chi connectivity index (χ1v) is 11.0. The van der Waals surface area contributed by atoms with Gasteiger partial charge in [-0.3, -0.25) is 9.36 Å². The number of halogens is 1. The van der Waals surface area contributed by atoms with Gasteiger partial charge in [0.15, 0.2) is 11.0 Å². The maximum atomic E-state index is 12.6. The molecule has 32 heavy (non-hydrogen) atoms. The second-order valence-corrected chi connectivity index (χ2v) is 8.08. The van der Waals surface area contributed by atoms with E-state index in [-0.39, 0.29) is 17.4 Å². The number of hydrogen-bond donors (Lipinski definition) is 2. The molecular formula is C23H19ClN4O3S. The third-order valence-corrected chi connectivity index (χ3v) is 5.70. The van der Waals surface area contributed by atoms with Gasteiger partial charge in [0.2, 0.25) is 5.91 Å². The van der Waals surface area contributed by atoms with Crippen LogP contribution in [0, 0.1) is 0 Å². The molecule has 1 amide bonds. The van der Waals surface area contributed by atoms with Crippen molar-refractivity contribution >= 4 is 35.0 Å². The van der Waals surface area contributed by atoms with Crippen molar-refractivity contribution in [3.63, 3.8) is 0 Å². The smallest absolute Gasteiger partial charge is 0.234 e. The number of aromatic nitrogens is 3. The highest BCUT2D eigenvalue weighted by Crippen LogP contribution is 2.30. The van der Waals surface area contributed by atoms with Crippen LogP contribution in [0.15, 0.2) is 78.0 Å². The molecule has 0 spiro atoms. The van der Waals surface area contributed by atoms with Crippen LogP contribution in [0.1, 0.15) is 0 Å². The average molecular weight is 467 g/mol. The summed E-state index contributed by atoms with van der Waals surface area (Å²) in [5, 5.41) is 22.2. The van der Waals surface area contributed by atoms with Crippen LogP contribution in [0.25, 0.3) is 17.1 Å². The van der Waals surface area contributed by atoms with E-state index in [1.165, 1.54) is 11.8 Å². The van der Waals surface area contributed by atoms with Gasteiger partial charge >= 0.3 is 0 Å². The van der Waals surface area contributed by atoms with Crippen molar-refractivity contribution in [2.45, 2.75) is 5.16 Å². The number of para-hydroxylation sites is 2. The number of nitrogens with zero attached hydrogens (tertiary/aromatic N) is 3. The molecule has 9 heteroatoms. The lowest BCUT2D eigenvalue weighted by molar-refractivity contribution is -0.113. The molecule has 4 rings (SSSR count). The average Bonchev–Trinajstić information content (AvgIpc) is 3.22. The number of nitrogens with one attached hydrogen (secondary N) is 1. The van der Waals surface area contributed by atoms with Gasteiger partial charge in [0.1, 0.15) is 11.5 Å². The molecule has 0 saturated carbocycles. The lowest BCUT2D eigenvalue weighted by atomic mass is 10.2. The minimum absolute atomic E-state index is 0.117. The van der Waals surface area contributed by atoms with Gasteiger partial charge in [0, 0.05) is 10.6 Å². The Morgan fingerprint density at radius 3 is 2.62 bits per heavy atom. The number of thioether (sulfide) groups is 1. The molecule has 0 aliphatic heterocycles. The lowest BCUT2D eigenvalue weighted by Crippen LogP contribution is -2.15. The summed E-state index contributed by atoms with van der Waals surface area (Å²) in [5.74, 6) is 1.23. The van der Waals surface area contributed by atoms with Gasteiger partial charge in [-0.15, -0.1) is 10.2 Å². The molecule has 7 nitrogen and oxygen atoms in total. The fourth-order valence-electron chi connectivity index (χ4n) is 3.07. The zero-order valence-corrected chi connectivity index (χ0v) is 18.6. The highest BCUT2D eigenvalue weighted by Gasteiger charge is 2.18. The minimum Gasteiger partial charge on any atom is -0.508 e. The molecular weight excluding hydrogens is 448 g/mol. The number of benzene rings is 3. The van der Waals surface area contributed by atoms with E-state index in [1.54, 1.807) is 55.6 Å². The number of amides is 1. The van der Waals surface area contributed by atoms with E-state index in [9.17, 15) is 9.90 Å². The molecule has 0 radical (unpaired) electrons. The standard InChI is InChI=1S/C23H19ClN4O3S/c1-31-20-8-3-2-7-19(20)25-21(30)14-32-23-27-26-22(15-9-11-18(29)12-10-15)28(23)17-6-4-5-16(24)13-17/h2-13,29H,14H2,1H3,(H,25,30). The molecule has 162 valence electrons. The van der Waals surface area contributed by atoms with Gasteiger partial charge in [0.05, 0.1) is 24.2 Å². The van der Waals surface area contributed by atoms with Gasteiger partial charge in [-0.1, -0.05) is 41.6 Å². The summed E-state index contributed by atoms with van der Waals surface area (Å²) in [5.41, 5.74) is 2.13. The molecule has 0 saturated heterocycles. The minimum atomic E-state index is -0.202. The normalized spacial score (nSPS) is 10.7. The maximum Gasteiger partial charge on any atom is 0.234 e. The van der Waals surface area contributed by atoms with Crippen LogP contribution in [0.2, 0.25) is 5.02 Å². The second kappa shape index (κ2) is 9.76. The van der Waals surface area contributed by atoms with Crippen molar-refractivity contribution in [3.05, 3.63) is 77.8 Å². The molecule has 1 heterocycles. The largest absolute Gasteiger partial charge is 0.508 e. The van der Waals surface area contributed by atoms with Gasteiger partial charge < -0.3 is 15.2 Å². The fourth-order valence-corrected chi connectivity index (χ4v) is 4.01. The van der Waals surface area contributed by atoms with Gasteiger partial charge in [-0.05, 0) is 54.6 Å². The Hall–Kier alpha value is -3.49. The quantitative estimate of drug-likeness (QED) is 0.371. The van der Waals surface area contributed by atoms with Crippen molar-refractivity contribution in [2.75, 3.05) is 18.2 Å². The van der Waals surface area contributed by atoms with Crippen molar-refractivity contribution < 1.29 is 14.6 Å². The highest BCUT2D eigenvalue weighted by atomic mass is 35.5. The summed E-state index contributed by atoms with van der Waals surface area (Å²) >= 11 is 7.46. The Kier molecular flexibility index (Phi) is 6.63. The third kappa shape index (κ3) is 4.87. The summed E-state index contributed by atoms with van der Waals surface area (Å²) in [6, 6.07) is 21.2. The number of methoxy groups -OCH3 is 1. The Morgan fingerprint density at radius 2 is 1.88 bits per heavy atom. The predicted molar refractivity (Wildman–Crippen MR) is 126 cm³/mol. The van der Waals surface area contributed by atoms with Crippen LogP contribution in [0.5, 0.6) is 11.5 Å². The summed E-state index contributed by atoms with van der Waals surface area (Å²) in [7, 11) is 1.55. The number of aromatic hydroxyl groups is 1. The number of hydrogen-bond acceptors (Lipinski definition) is 6. The molecule has 0 unspecified atom stereocenters. The first-order valence-electron chi connectivity index (χ1n) is 9.61. The fraction of sp³-hybridized carbons (Fsp3) is 0.0870. The Bertz CT molecular complexity index is 1240. The Morgan fingerprint density at radius 1 is 1.09 bits per heavy atom. The van der Waals surface area contributed by atoms with E-state index in [0.29, 0.717) is 27.4 Å². The lowest BCUT2D eigenvalue weighted by Gasteiger charge is -2.12. The van der Waals surface area contributed by atoms with Crippen molar-refractivity contribution in [2.24, 2.45) is 0 Å². The summed E-state index contributed by atoms with van der Waals surface area (Å²) in [6.45, 7) is 0. The number of carbonyl (C=O) groups is 1. The van der Waals surface area contributed by atoms with Crippen molar-refractivity contribution in [3.8, 4) is 28.6 Å². The number of phenols is 1. The van der Waals surface area contributed by atoms with Gasteiger partial charge in [0.25, 0.3) is 0 Å². The molecule has 0 aliphatic carbocycles. The predicted octanol–water partition coefficient (Wildman–Crippen LogP) is 5.03. The number of carbonyl (C=O) groups excluding carboxylic acids is 1. The van der Waals surface area contributed by atoms with Gasteiger partial charge in [-0.2, -0.15) is 0 Å². The van der Waals surface area contributed by atoms with Crippen LogP contribution in [-0.4, -0.2) is 38.6 Å². The summed E-state index contributed by atoms with van der Waals surface area (Å²) < 4.78 is 7.11. The monoisotopic (exact) mass is 466 g/mol. The molecule has 0 bridgehead atoms. The summed E-state index contributed by atoms with van der Waals surface area (Å²) in [6.07, 6.45) is 0. The molecule has 0 fully saturated rings. The Labute approximate surface area is 194 Å². The van der Waals surface area contributed by atoms with E-state index in [2.05, 4.69) is 15.5 Å². The molecule has 4 aromatic rings. The third-order valence-electron chi connectivity index (χ3n) is 4.54. The number of ether oxygens (including phenoxy) is 1. The van der Waals surface area contributed by atoms with Crippen LogP contribution in [-0.2, 0) is 4.79 Å². The molecule has 1 aromatic heterocycles. The van der Waals surface area contributed by atoms with E-state index < -0.39 is 0 Å². The summed E-state index contributed by atoms with van der Waals surface area (Å²) in [4.78, 5) is 12.6. The van der Waals surface area contributed by atoms with Gasteiger partial charge in [-0.25, -0.2) is 0 Å². The van der Waals surface area contributed by atoms with E-state index >= 15 is 0 Å². The van der Waals surface area contributed by atoms with E-state index in [4.69, 9.17) is 16.3 Å². The number of rotatable bonds is 7. The first kappa shape index (κ1) is 21.7. The first-order chi connectivity index (χ1) is 15.5. The van der Waals surface area contributed by atoms with Crippen molar-refractivity contribution in [1.82, 2.24) is 14.8 Å². The second-order valence-electron chi connectivity index (χ2n) is 6.71. The SMILES string of the molecule is COc1ccccc1NC(=O)CSc1nnc(-c2ccc(O)cc2)n1-c1cccc(Cl)c1. The van der Waals surface area contributed by atoms with Crippen LogP contribution in [0.4, 0.5) is 5.69 Å². The topological polar surface area (TPSA) is 89.3 Å². The van der Waals surface area contributed by atoms with Crippen LogP contribution >= 0.6 is 23.4 Å². The maximum absolute atomic E-state index is 12.6. The van der Waals surface area contributed by atoms with Crippen molar-refractivity contribution in [1.29, 1.82) is 0 Å². The zero-order chi connectivity index (χ0) is 22.5. The molecule has 2 N–H and O–H groups in total. The Balaban J connectivity index is 1.61. The number of anilines is 1. The zero-order valence-electron chi connectivity index (χ0n) is 17.0. The number of phenolic OH excluding ortho intramolecular Hbond substituents is 1. The molecule has 0 aliphatic rings.